The summed E-state index contributed by atoms with van der Waals surface area (Å²) >= 11 is 0. The molecule has 0 spiro atoms. The van der Waals surface area contributed by atoms with Gasteiger partial charge in [0.15, 0.2) is 0 Å². The van der Waals surface area contributed by atoms with Gasteiger partial charge in [0, 0.05) is 0 Å². The van der Waals surface area contributed by atoms with Crippen LogP contribution in [0.1, 0.15) is 0 Å². The van der Waals surface area contributed by atoms with Gasteiger partial charge in [-0.2, -0.15) is 0 Å². The minimum Gasteiger partial charge on any atom is -0.475 e. The van der Waals surface area contributed by atoms with Crippen LogP contribution in [-0.2, 0) is 18.7 Å². The smallest absolute Gasteiger partial charge is 0.378 e. The van der Waals surface area contributed by atoms with Crippen LogP contribution in [0.3, 0.4) is 0 Å². The van der Waals surface area contributed by atoms with E-state index in [2.05, 4.69) is 0 Å². The highest BCUT2D eigenvalue weighted by Gasteiger charge is 2.39. The van der Waals surface area contributed by atoms with Crippen LogP contribution in [0.5, 0.6) is 0 Å². The monoisotopic (exact) mass is 196 g/mol. The van der Waals surface area contributed by atoms with Gasteiger partial charge in [-0.1, -0.05) is 0 Å². The highest BCUT2D eigenvalue weighted by atomic mass is 31.1. The summed E-state index contributed by atoms with van der Waals surface area (Å²) in [5.41, 5.74) is 0. The third-order valence-corrected chi connectivity index (χ3v) is 1.61. The Hall–Kier alpha value is -1.04. The van der Waals surface area contributed by atoms with Crippen molar-refractivity contribution >= 4 is 19.4 Å². The zero-order valence-electron chi connectivity index (χ0n) is 5.63. The second-order valence-corrected chi connectivity index (χ2v) is 2.92. The van der Waals surface area contributed by atoms with Crippen molar-refractivity contribution in [1.82, 2.24) is 0 Å². The zero-order chi connectivity index (χ0) is 9.94. The van der Waals surface area contributed by atoms with E-state index in [1.165, 1.54) is 0 Å². The van der Waals surface area contributed by atoms with Crippen molar-refractivity contribution in [3.8, 4) is 0 Å². The van der Waals surface area contributed by atoms with E-state index in [0.717, 1.165) is 0 Å². The third kappa shape index (κ3) is 2.91. The molecule has 0 saturated carbocycles. The quantitative estimate of drug-likeness (QED) is 0.283. The van der Waals surface area contributed by atoms with Gasteiger partial charge in [-0.3, -0.25) is 4.79 Å². The lowest BCUT2D eigenvalue weighted by atomic mass is 10.2. The summed E-state index contributed by atoms with van der Waals surface area (Å²) in [6, 6.07) is 0. The molecule has 0 atom stereocenters. The molecule has 0 heterocycles. The summed E-state index contributed by atoms with van der Waals surface area (Å²) < 4.78 is 19.8. The first-order chi connectivity index (χ1) is 5.27. The Bertz CT molecular complexity index is 267. The first-order valence-corrected chi connectivity index (χ1v) is 3.98. The molecule has 0 amide bonds. The lowest BCUT2D eigenvalue weighted by molar-refractivity contribution is -0.183. The van der Waals surface area contributed by atoms with E-state index in [1.807, 2.05) is 0 Å². The van der Waals surface area contributed by atoms with Crippen LogP contribution in [0, 0.1) is 0 Å². The second kappa shape index (κ2) is 3.57. The molecule has 0 radical (unpaired) electrons. The van der Waals surface area contributed by atoms with Crippen molar-refractivity contribution in [1.29, 1.82) is 0 Å². The molecular formula is C4H5O7P. The van der Waals surface area contributed by atoms with Gasteiger partial charge in [-0.25, -0.2) is 13.9 Å². The Kier molecular flexibility index (Phi) is 3.26. The summed E-state index contributed by atoms with van der Waals surface area (Å²) in [7, 11) is -3.23. The molecule has 0 bridgehead atoms. The van der Waals surface area contributed by atoms with Crippen LogP contribution in [-0.4, -0.2) is 39.0 Å². The number of ketones is 1. The average Bonchev–Trinajstić information content (AvgIpc) is 1.82. The third-order valence-electron chi connectivity index (χ3n) is 0.907. The molecule has 0 aromatic carbocycles. The molecule has 0 aromatic heterocycles. The second-order valence-electron chi connectivity index (χ2n) is 1.94. The molecule has 0 aliphatic carbocycles. The van der Waals surface area contributed by atoms with Crippen molar-refractivity contribution < 1.29 is 34.0 Å². The van der Waals surface area contributed by atoms with E-state index in [4.69, 9.17) is 15.3 Å². The predicted octanol–water partition coefficient (Wildman–Crippen LogP) is -1.51. The molecule has 0 aromatic rings. The van der Waals surface area contributed by atoms with Crippen molar-refractivity contribution in [2.24, 2.45) is 0 Å². The van der Waals surface area contributed by atoms with Gasteiger partial charge in [-0.15, -0.1) is 0 Å². The van der Waals surface area contributed by atoms with E-state index in [0.29, 0.717) is 0 Å². The summed E-state index contributed by atoms with van der Waals surface area (Å²) in [6.45, 7) is 0. The van der Waals surface area contributed by atoms with Gasteiger partial charge >= 0.3 is 13.6 Å². The molecule has 0 rings (SSSR count). The van der Waals surface area contributed by atoms with Crippen molar-refractivity contribution in [3.05, 3.63) is 0 Å². The molecule has 0 aliphatic heterocycles. The molecule has 8 heteroatoms. The number of rotatable bonds is 4. The Labute approximate surface area is 66.4 Å². The molecule has 68 valence electrons. The fraction of sp³-hybridized carbons (Fsp3) is 0.500. The largest absolute Gasteiger partial charge is 0.475 e. The normalized spacial score (nSPS) is 10.8. The van der Waals surface area contributed by atoms with E-state index >= 15 is 0 Å². The Morgan fingerprint density at radius 2 is 1.67 bits per heavy atom. The number of aliphatic hydroxyl groups is 2. The summed E-state index contributed by atoms with van der Waals surface area (Å²) in [5, 5.41) is 25.1. The van der Waals surface area contributed by atoms with E-state index in [9.17, 15) is 18.7 Å². The minimum atomic E-state index is -3.33. The van der Waals surface area contributed by atoms with Crippen molar-refractivity contribution in [2.45, 2.75) is 5.79 Å². The fourth-order valence-corrected chi connectivity index (χ4v) is 0.927. The molecule has 0 aliphatic rings. The lowest BCUT2D eigenvalue weighted by Gasteiger charge is -2.12. The molecule has 12 heavy (non-hydrogen) atoms. The molecule has 0 saturated heterocycles. The highest BCUT2D eigenvalue weighted by Crippen LogP contribution is 2.14. The van der Waals surface area contributed by atoms with Gasteiger partial charge < -0.3 is 15.3 Å². The molecule has 0 unspecified atom stereocenters. The van der Waals surface area contributed by atoms with Crippen LogP contribution >= 0.6 is 7.68 Å². The molecular weight excluding hydrogens is 191 g/mol. The number of carboxylic acid groups (broad SMARTS) is 1. The first kappa shape index (κ1) is 11.0. The van der Waals surface area contributed by atoms with Crippen LogP contribution in [0.15, 0.2) is 0 Å². The zero-order valence-corrected chi connectivity index (χ0v) is 6.52. The number of Topliss-reactive ketones (excluding diaryl/α,β-unsaturated/α-hetero) is 1. The summed E-state index contributed by atoms with van der Waals surface area (Å²) in [5.74, 6) is -7.40. The van der Waals surface area contributed by atoms with Crippen molar-refractivity contribution in [3.63, 3.8) is 0 Å². The minimum absolute atomic E-state index is 1.33. The van der Waals surface area contributed by atoms with Gasteiger partial charge in [-0.05, 0) is 0 Å². The first-order valence-electron chi connectivity index (χ1n) is 2.61. The average molecular weight is 196 g/mol. The number of aliphatic carboxylic acids is 1. The number of carbonyl (C=O) groups is 2. The summed E-state index contributed by atoms with van der Waals surface area (Å²) in [4.78, 5) is 20.2. The van der Waals surface area contributed by atoms with Crippen molar-refractivity contribution in [2.75, 3.05) is 6.16 Å². The maximum Gasteiger partial charge on any atom is 0.378 e. The van der Waals surface area contributed by atoms with Crippen LogP contribution < -0.4 is 0 Å². The maximum atomic E-state index is 10.3. The van der Waals surface area contributed by atoms with Gasteiger partial charge in [0.1, 0.15) is 6.16 Å². The Morgan fingerprint density at radius 3 is 1.92 bits per heavy atom. The van der Waals surface area contributed by atoms with Gasteiger partial charge in [0.2, 0.25) is 5.79 Å². The maximum absolute atomic E-state index is 10.3. The lowest BCUT2D eigenvalue weighted by Crippen LogP contribution is -2.44. The van der Waals surface area contributed by atoms with Gasteiger partial charge in [0.05, 0.1) is 0 Å². The number of carbonyl (C=O) groups excluding carboxylic acids is 1. The topological polar surface area (TPSA) is 129 Å². The predicted molar refractivity (Wildman–Crippen MR) is 33.0 cm³/mol. The fourth-order valence-electron chi connectivity index (χ4n) is 0.423. The van der Waals surface area contributed by atoms with Crippen LogP contribution in [0.2, 0.25) is 0 Å². The van der Waals surface area contributed by atoms with E-state index in [1.54, 1.807) is 0 Å². The molecule has 7 nitrogen and oxygen atoms in total. The highest BCUT2D eigenvalue weighted by molar-refractivity contribution is 7.31. The summed E-state index contributed by atoms with van der Waals surface area (Å²) in [6.07, 6.45) is -1.33. The standard InChI is InChI=1S/C4H5O7P/c5-2(3(6)7)4(8,9)1-12(10)11/h8-9H,1H2,(H,6,7). The molecule has 3 N–H and O–H groups in total. The number of hydrogen-bond donors (Lipinski definition) is 3. The van der Waals surface area contributed by atoms with Crippen LogP contribution in [0.25, 0.3) is 0 Å². The Morgan fingerprint density at radius 1 is 1.25 bits per heavy atom. The van der Waals surface area contributed by atoms with Crippen LogP contribution in [0.4, 0.5) is 0 Å². The molecule has 0 fully saturated rings. The Balaban J connectivity index is 4.61. The SMILES string of the molecule is O=C(O)C(=O)C(O)(O)CP(=O)=O. The van der Waals surface area contributed by atoms with E-state index < -0.39 is 31.4 Å². The van der Waals surface area contributed by atoms with Gasteiger partial charge in [0.25, 0.3) is 5.78 Å². The van der Waals surface area contributed by atoms with E-state index in [-0.39, 0.29) is 0 Å². The number of hydrogen-bond acceptors (Lipinski definition) is 6. The number of carboxylic acids is 1.